The van der Waals surface area contributed by atoms with Gasteiger partial charge in [-0.2, -0.15) is 5.26 Å². The van der Waals surface area contributed by atoms with Crippen LogP contribution in [0.4, 0.5) is 4.39 Å². The van der Waals surface area contributed by atoms with E-state index in [4.69, 9.17) is 5.26 Å². The van der Waals surface area contributed by atoms with E-state index in [0.29, 0.717) is 12.1 Å². The predicted molar refractivity (Wildman–Crippen MR) is 84.9 cm³/mol. The summed E-state index contributed by atoms with van der Waals surface area (Å²) in [7, 11) is 2.01. The molecule has 2 aromatic rings. The lowest BCUT2D eigenvalue weighted by atomic mass is 10.1. The lowest BCUT2D eigenvalue weighted by Crippen LogP contribution is -2.45. The van der Waals surface area contributed by atoms with E-state index in [9.17, 15) is 4.39 Å². The van der Waals surface area contributed by atoms with Gasteiger partial charge in [0, 0.05) is 52.2 Å². The zero-order chi connectivity index (χ0) is 16.2. The number of aromatic nitrogens is 2. The van der Waals surface area contributed by atoms with Crippen molar-refractivity contribution in [2.45, 2.75) is 13.1 Å². The number of rotatable bonds is 4. The van der Waals surface area contributed by atoms with Crippen LogP contribution in [-0.2, 0) is 20.1 Å². The van der Waals surface area contributed by atoms with Gasteiger partial charge in [-0.1, -0.05) is 6.07 Å². The minimum Gasteiger partial charge on any atom is -0.337 e. The number of benzene rings is 1. The van der Waals surface area contributed by atoms with Gasteiger partial charge in [0.2, 0.25) is 0 Å². The summed E-state index contributed by atoms with van der Waals surface area (Å²) in [5.74, 6) is 0.717. The van der Waals surface area contributed by atoms with Crippen molar-refractivity contribution in [1.29, 1.82) is 5.26 Å². The van der Waals surface area contributed by atoms with Crippen LogP contribution in [0.1, 0.15) is 17.0 Å². The summed E-state index contributed by atoms with van der Waals surface area (Å²) < 4.78 is 15.2. The molecule has 0 spiro atoms. The number of halogens is 1. The monoisotopic (exact) mass is 313 g/mol. The maximum Gasteiger partial charge on any atom is 0.124 e. The predicted octanol–water partition coefficient (Wildman–Crippen LogP) is 1.75. The highest BCUT2D eigenvalue weighted by molar-refractivity contribution is 5.37. The number of aryl methyl sites for hydroxylation is 1. The Bertz CT molecular complexity index is 710. The van der Waals surface area contributed by atoms with Crippen molar-refractivity contribution >= 4 is 0 Å². The van der Waals surface area contributed by atoms with E-state index in [1.807, 2.05) is 24.0 Å². The van der Waals surface area contributed by atoms with E-state index in [0.717, 1.165) is 44.1 Å². The van der Waals surface area contributed by atoms with E-state index in [1.165, 1.54) is 12.1 Å². The van der Waals surface area contributed by atoms with Gasteiger partial charge in [-0.25, -0.2) is 9.37 Å². The van der Waals surface area contributed by atoms with Crippen LogP contribution in [0, 0.1) is 17.1 Å². The van der Waals surface area contributed by atoms with Crippen molar-refractivity contribution in [3.05, 3.63) is 53.4 Å². The molecule has 5 nitrogen and oxygen atoms in total. The van der Waals surface area contributed by atoms with Crippen LogP contribution in [0.25, 0.3) is 0 Å². The first kappa shape index (κ1) is 15.7. The minimum absolute atomic E-state index is 0.356. The molecule has 6 heteroatoms. The molecule has 2 heterocycles. The molecule has 1 saturated heterocycles. The molecule has 1 aromatic carbocycles. The van der Waals surface area contributed by atoms with Gasteiger partial charge in [-0.05, 0) is 17.7 Å². The summed E-state index contributed by atoms with van der Waals surface area (Å²) in [6, 6.07) is 6.54. The fourth-order valence-electron chi connectivity index (χ4n) is 2.89. The Morgan fingerprint density at radius 3 is 2.48 bits per heavy atom. The molecule has 1 fully saturated rings. The van der Waals surface area contributed by atoms with Gasteiger partial charge in [0.1, 0.15) is 11.6 Å². The van der Waals surface area contributed by atoms with Crippen LogP contribution >= 0.6 is 0 Å². The number of nitrogens with zero attached hydrogens (tertiary/aromatic N) is 5. The van der Waals surface area contributed by atoms with E-state index >= 15 is 0 Å². The second kappa shape index (κ2) is 6.90. The Labute approximate surface area is 135 Å². The average molecular weight is 313 g/mol. The zero-order valence-electron chi connectivity index (χ0n) is 13.2. The second-order valence-corrected chi connectivity index (χ2v) is 5.92. The SMILES string of the molecule is Cn1ccnc1CN1CCN(Cc2ccc(F)cc2C#N)CC1. The lowest BCUT2D eigenvalue weighted by Gasteiger charge is -2.34. The first-order chi connectivity index (χ1) is 11.2. The maximum absolute atomic E-state index is 13.2. The third-order valence-electron chi connectivity index (χ3n) is 4.34. The van der Waals surface area contributed by atoms with Crippen molar-refractivity contribution in [2.24, 2.45) is 7.05 Å². The summed E-state index contributed by atoms with van der Waals surface area (Å²) in [5.41, 5.74) is 1.33. The Hall–Kier alpha value is -2.23. The fraction of sp³-hybridized carbons (Fsp3) is 0.412. The van der Waals surface area contributed by atoms with E-state index in [-0.39, 0.29) is 5.82 Å². The molecular formula is C17H20FN5. The third-order valence-corrected chi connectivity index (χ3v) is 4.34. The Morgan fingerprint density at radius 1 is 1.17 bits per heavy atom. The number of piperazine rings is 1. The largest absolute Gasteiger partial charge is 0.337 e. The quantitative estimate of drug-likeness (QED) is 0.863. The minimum atomic E-state index is -0.356. The van der Waals surface area contributed by atoms with Crippen LogP contribution in [0.5, 0.6) is 0 Å². The molecule has 0 N–H and O–H groups in total. The highest BCUT2D eigenvalue weighted by Gasteiger charge is 2.19. The van der Waals surface area contributed by atoms with Crippen LogP contribution in [0.2, 0.25) is 0 Å². The Kier molecular flexibility index (Phi) is 4.70. The topological polar surface area (TPSA) is 48.1 Å². The van der Waals surface area contributed by atoms with Crippen LogP contribution < -0.4 is 0 Å². The third kappa shape index (κ3) is 3.76. The fourth-order valence-corrected chi connectivity index (χ4v) is 2.89. The molecular weight excluding hydrogens is 293 g/mol. The summed E-state index contributed by atoms with van der Waals surface area (Å²) in [4.78, 5) is 9.06. The van der Waals surface area contributed by atoms with Gasteiger partial charge in [0.05, 0.1) is 18.2 Å². The average Bonchev–Trinajstić information content (AvgIpc) is 2.96. The molecule has 120 valence electrons. The van der Waals surface area contributed by atoms with Crippen LogP contribution in [0.3, 0.4) is 0 Å². The molecule has 23 heavy (non-hydrogen) atoms. The first-order valence-corrected chi connectivity index (χ1v) is 7.75. The van der Waals surface area contributed by atoms with Crippen molar-refractivity contribution in [2.75, 3.05) is 26.2 Å². The molecule has 1 aliphatic rings. The van der Waals surface area contributed by atoms with Crippen molar-refractivity contribution in [3.63, 3.8) is 0 Å². The molecule has 0 unspecified atom stereocenters. The van der Waals surface area contributed by atoms with Gasteiger partial charge in [0.15, 0.2) is 0 Å². The molecule has 0 atom stereocenters. The van der Waals surface area contributed by atoms with E-state index in [1.54, 1.807) is 6.07 Å². The number of imidazole rings is 1. The highest BCUT2D eigenvalue weighted by Crippen LogP contribution is 2.15. The van der Waals surface area contributed by atoms with E-state index in [2.05, 4.69) is 20.9 Å². The first-order valence-electron chi connectivity index (χ1n) is 7.75. The number of hydrogen-bond acceptors (Lipinski definition) is 4. The van der Waals surface area contributed by atoms with Crippen molar-refractivity contribution < 1.29 is 4.39 Å². The van der Waals surface area contributed by atoms with Gasteiger partial charge in [-0.15, -0.1) is 0 Å². The lowest BCUT2D eigenvalue weighted by molar-refractivity contribution is 0.119. The molecule has 0 aliphatic carbocycles. The van der Waals surface area contributed by atoms with Gasteiger partial charge in [0.25, 0.3) is 0 Å². The van der Waals surface area contributed by atoms with Gasteiger partial charge >= 0.3 is 0 Å². The normalized spacial score (nSPS) is 16.4. The standard InChI is InChI=1S/C17H20FN5/c1-21-5-4-20-17(21)13-23-8-6-22(7-9-23)12-14-2-3-16(18)10-15(14)11-19/h2-5,10H,6-9,12-13H2,1H3. The smallest absolute Gasteiger partial charge is 0.124 e. The molecule has 0 amide bonds. The van der Waals surface area contributed by atoms with Crippen molar-refractivity contribution in [1.82, 2.24) is 19.4 Å². The summed E-state index contributed by atoms with van der Waals surface area (Å²) in [6.07, 6.45) is 3.78. The van der Waals surface area contributed by atoms with Crippen LogP contribution in [0.15, 0.2) is 30.6 Å². The van der Waals surface area contributed by atoms with Crippen molar-refractivity contribution in [3.8, 4) is 6.07 Å². The number of nitriles is 1. The maximum atomic E-state index is 13.2. The molecule has 1 aromatic heterocycles. The summed E-state index contributed by atoms with van der Waals surface area (Å²) >= 11 is 0. The molecule has 0 saturated carbocycles. The Balaban J connectivity index is 1.55. The van der Waals surface area contributed by atoms with Gasteiger partial charge in [-0.3, -0.25) is 9.80 Å². The number of hydrogen-bond donors (Lipinski definition) is 0. The summed E-state index contributed by atoms with van der Waals surface area (Å²) in [5, 5.41) is 9.13. The van der Waals surface area contributed by atoms with Gasteiger partial charge < -0.3 is 4.57 Å². The second-order valence-electron chi connectivity index (χ2n) is 5.92. The van der Waals surface area contributed by atoms with Crippen LogP contribution in [-0.4, -0.2) is 45.5 Å². The zero-order valence-corrected chi connectivity index (χ0v) is 13.2. The summed E-state index contributed by atoms with van der Waals surface area (Å²) in [6.45, 7) is 5.36. The highest BCUT2D eigenvalue weighted by atomic mass is 19.1. The molecule has 3 rings (SSSR count). The molecule has 0 radical (unpaired) electrons. The molecule has 1 aliphatic heterocycles. The Morgan fingerprint density at radius 2 is 1.87 bits per heavy atom. The van der Waals surface area contributed by atoms with E-state index < -0.39 is 0 Å². The molecule has 0 bridgehead atoms.